The van der Waals surface area contributed by atoms with Crippen molar-refractivity contribution in [2.45, 2.75) is 12.8 Å². The number of halogens is 4. The first kappa shape index (κ1) is 17.8. The Morgan fingerprint density at radius 1 is 1.16 bits per heavy atom. The minimum atomic E-state index is -0.788. The van der Waals surface area contributed by atoms with Gasteiger partial charge in [-0.2, -0.15) is 0 Å². The van der Waals surface area contributed by atoms with Crippen LogP contribution in [0.4, 0.5) is 14.5 Å². The van der Waals surface area contributed by atoms with Gasteiger partial charge in [-0.3, -0.25) is 4.79 Å². The third kappa shape index (κ3) is 3.53. The van der Waals surface area contributed by atoms with Crippen molar-refractivity contribution in [3.63, 3.8) is 0 Å². The number of hydrogen-bond acceptors (Lipinski definition) is 2. The van der Waals surface area contributed by atoms with Crippen LogP contribution in [-0.2, 0) is 4.79 Å². The fourth-order valence-corrected chi connectivity index (χ4v) is 3.57. The summed E-state index contributed by atoms with van der Waals surface area (Å²) in [6, 6.07) is 8.05. The lowest BCUT2D eigenvalue weighted by Crippen LogP contribution is -2.43. The zero-order chi connectivity index (χ0) is 18.1. The topological polar surface area (TPSA) is 44.2 Å². The Morgan fingerprint density at radius 3 is 2.48 bits per heavy atom. The number of benzene rings is 2. The monoisotopic (exact) mass is 382 g/mol. The number of para-hydroxylation sites is 1. The van der Waals surface area contributed by atoms with Crippen molar-refractivity contribution in [1.29, 1.82) is 5.41 Å². The number of hydrogen-bond donors (Lipinski definition) is 1. The molecule has 25 heavy (non-hydrogen) atoms. The Bertz CT molecular complexity index is 837. The quantitative estimate of drug-likeness (QED) is 0.738. The highest BCUT2D eigenvalue weighted by Crippen LogP contribution is 2.37. The highest BCUT2D eigenvalue weighted by Gasteiger charge is 2.32. The summed E-state index contributed by atoms with van der Waals surface area (Å²) in [5.74, 6) is -2.04. The molecule has 2 aromatic rings. The van der Waals surface area contributed by atoms with Crippen molar-refractivity contribution in [3.8, 4) is 0 Å². The van der Waals surface area contributed by atoms with Crippen molar-refractivity contribution in [2.75, 3.05) is 11.4 Å². The van der Waals surface area contributed by atoms with Crippen molar-refractivity contribution in [3.05, 3.63) is 63.6 Å². The van der Waals surface area contributed by atoms with Crippen molar-refractivity contribution >= 4 is 40.5 Å². The Labute approximate surface area is 153 Å². The molecule has 1 N–H and O–H groups in total. The van der Waals surface area contributed by atoms with Crippen LogP contribution in [0.2, 0.25) is 10.0 Å². The van der Waals surface area contributed by atoms with Crippen LogP contribution in [-0.4, -0.2) is 18.2 Å². The van der Waals surface area contributed by atoms with Crippen LogP contribution in [0.3, 0.4) is 0 Å². The molecule has 1 amide bonds. The normalized spacial score (nSPS) is 17.7. The van der Waals surface area contributed by atoms with E-state index in [1.807, 2.05) is 0 Å². The molecule has 1 saturated heterocycles. The summed E-state index contributed by atoms with van der Waals surface area (Å²) in [5.41, 5.74) is 0.456. The molecule has 130 valence electrons. The molecule has 1 aliphatic heterocycles. The molecule has 0 aromatic heterocycles. The number of nitrogens with one attached hydrogen (secondary N) is 1. The molecule has 3 rings (SSSR count). The van der Waals surface area contributed by atoms with Crippen LogP contribution in [0.15, 0.2) is 36.4 Å². The van der Waals surface area contributed by atoms with Gasteiger partial charge < -0.3 is 10.3 Å². The lowest BCUT2D eigenvalue weighted by atomic mass is 9.88. The molecule has 0 bridgehead atoms. The largest absolute Gasteiger partial charge is 0.309 e. The van der Waals surface area contributed by atoms with Gasteiger partial charge in [0.15, 0.2) is 0 Å². The van der Waals surface area contributed by atoms with E-state index < -0.39 is 17.6 Å². The standard InChI is InChI=1S/C18H14Cl2F2N2O/c19-13-2-1-3-14(20)18(13)24-9-10(4-7-16(24)25)17(23)12-6-5-11(21)8-15(12)22/h1-3,5-6,8,10,23H,4,7,9H2. The molecule has 1 unspecified atom stereocenters. The van der Waals surface area contributed by atoms with Gasteiger partial charge in [-0.15, -0.1) is 0 Å². The number of piperidine rings is 1. The molecular weight excluding hydrogens is 369 g/mol. The van der Waals surface area contributed by atoms with E-state index in [-0.39, 0.29) is 30.1 Å². The highest BCUT2D eigenvalue weighted by molar-refractivity contribution is 6.40. The Kier molecular flexibility index (Phi) is 5.06. The zero-order valence-corrected chi connectivity index (χ0v) is 14.5. The molecule has 0 saturated carbocycles. The van der Waals surface area contributed by atoms with Crippen LogP contribution in [0, 0.1) is 23.0 Å². The van der Waals surface area contributed by atoms with Gasteiger partial charge in [-0.05, 0) is 30.7 Å². The first-order valence-corrected chi connectivity index (χ1v) is 8.42. The zero-order valence-electron chi connectivity index (χ0n) is 13.0. The third-order valence-corrected chi connectivity index (χ3v) is 4.86. The van der Waals surface area contributed by atoms with E-state index in [4.69, 9.17) is 28.6 Å². The van der Waals surface area contributed by atoms with Crippen LogP contribution >= 0.6 is 23.2 Å². The average Bonchev–Trinajstić information content (AvgIpc) is 2.56. The second-order valence-electron chi connectivity index (χ2n) is 5.85. The van der Waals surface area contributed by atoms with Gasteiger partial charge >= 0.3 is 0 Å². The van der Waals surface area contributed by atoms with Crippen LogP contribution in [0.1, 0.15) is 18.4 Å². The van der Waals surface area contributed by atoms with E-state index in [1.165, 1.54) is 11.0 Å². The molecular formula is C18H14Cl2F2N2O. The number of anilines is 1. The van der Waals surface area contributed by atoms with Crippen LogP contribution < -0.4 is 4.90 Å². The van der Waals surface area contributed by atoms with Gasteiger partial charge in [0.25, 0.3) is 0 Å². The SMILES string of the molecule is N=C(c1ccc(F)cc1F)C1CCC(=O)N(c2c(Cl)cccc2Cl)C1. The second-order valence-corrected chi connectivity index (χ2v) is 6.66. The molecule has 3 nitrogen and oxygen atoms in total. The predicted octanol–water partition coefficient (Wildman–Crippen LogP) is 5.08. The van der Waals surface area contributed by atoms with Crippen molar-refractivity contribution in [2.24, 2.45) is 5.92 Å². The van der Waals surface area contributed by atoms with Crippen molar-refractivity contribution < 1.29 is 13.6 Å². The third-order valence-electron chi connectivity index (χ3n) is 4.25. The summed E-state index contributed by atoms with van der Waals surface area (Å²) in [6.45, 7) is 0.165. The number of carbonyl (C=O) groups is 1. The van der Waals surface area contributed by atoms with Gasteiger partial charge in [0.2, 0.25) is 5.91 Å². The minimum absolute atomic E-state index is 0.0261. The molecule has 1 fully saturated rings. The molecule has 1 aliphatic rings. The van der Waals surface area contributed by atoms with E-state index in [0.29, 0.717) is 22.2 Å². The number of rotatable bonds is 3. The van der Waals surface area contributed by atoms with Gasteiger partial charge in [0, 0.05) is 36.2 Å². The Balaban J connectivity index is 1.90. The second kappa shape index (κ2) is 7.10. The minimum Gasteiger partial charge on any atom is -0.309 e. The maximum atomic E-state index is 14.0. The van der Waals surface area contributed by atoms with Gasteiger partial charge in [-0.25, -0.2) is 8.78 Å². The predicted molar refractivity (Wildman–Crippen MR) is 94.7 cm³/mol. The summed E-state index contributed by atoms with van der Waals surface area (Å²) in [7, 11) is 0. The van der Waals surface area contributed by atoms with E-state index in [9.17, 15) is 13.6 Å². The van der Waals surface area contributed by atoms with Gasteiger partial charge in [-0.1, -0.05) is 29.3 Å². The number of amides is 1. The summed E-state index contributed by atoms with van der Waals surface area (Å²) >= 11 is 12.4. The van der Waals surface area contributed by atoms with Gasteiger partial charge in [0.1, 0.15) is 11.6 Å². The molecule has 0 spiro atoms. The number of nitrogens with zero attached hydrogens (tertiary/aromatic N) is 1. The Morgan fingerprint density at radius 2 is 1.84 bits per heavy atom. The fraction of sp³-hybridized carbons (Fsp3) is 0.222. The summed E-state index contributed by atoms with van der Waals surface area (Å²) < 4.78 is 27.1. The smallest absolute Gasteiger partial charge is 0.227 e. The van der Waals surface area contributed by atoms with Crippen LogP contribution in [0.25, 0.3) is 0 Å². The summed E-state index contributed by atoms with van der Waals surface area (Å²) in [4.78, 5) is 13.8. The maximum Gasteiger partial charge on any atom is 0.227 e. The van der Waals surface area contributed by atoms with Gasteiger partial charge in [0.05, 0.1) is 15.7 Å². The Hall–Kier alpha value is -1.98. The van der Waals surface area contributed by atoms with E-state index in [2.05, 4.69) is 0 Å². The maximum absolute atomic E-state index is 14.0. The summed E-state index contributed by atoms with van der Waals surface area (Å²) in [5, 5.41) is 8.96. The average molecular weight is 383 g/mol. The highest BCUT2D eigenvalue weighted by atomic mass is 35.5. The van der Waals surface area contributed by atoms with E-state index in [1.54, 1.807) is 18.2 Å². The van der Waals surface area contributed by atoms with Crippen molar-refractivity contribution in [1.82, 2.24) is 0 Å². The summed E-state index contributed by atoms with van der Waals surface area (Å²) in [6.07, 6.45) is 0.602. The first-order valence-electron chi connectivity index (χ1n) is 7.66. The number of carbonyl (C=O) groups excluding carboxylic acids is 1. The molecule has 1 heterocycles. The molecule has 7 heteroatoms. The molecule has 0 radical (unpaired) electrons. The van der Waals surface area contributed by atoms with Crippen LogP contribution in [0.5, 0.6) is 0 Å². The molecule has 2 aromatic carbocycles. The molecule has 0 aliphatic carbocycles. The lowest BCUT2D eigenvalue weighted by Gasteiger charge is -2.34. The first-order chi connectivity index (χ1) is 11.9. The lowest BCUT2D eigenvalue weighted by molar-refractivity contribution is -0.119. The fourth-order valence-electron chi connectivity index (χ4n) is 2.97. The van der Waals surface area contributed by atoms with E-state index in [0.717, 1.165) is 12.1 Å². The van der Waals surface area contributed by atoms with E-state index >= 15 is 0 Å². The molecule has 1 atom stereocenters.